The number of nitrogens with one attached hydrogen (secondary N) is 1. The fraction of sp³-hybridized carbons (Fsp3) is 0.286. The monoisotopic (exact) mass is 291 g/mol. The highest BCUT2D eigenvalue weighted by Crippen LogP contribution is 2.18. The smallest absolute Gasteiger partial charge is 0.275 e. The Kier molecular flexibility index (Phi) is 5.23. The van der Waals surface area contributed by atoms with Gasteiger partial charge >= 0.3 is 0 Å². The number of carbonyl (C=O) groups excluding carboxylic acids is 1. The van der Waals surface area contributed by atoms with Crippen LogP contribution in [-0.2, 0) is 17.9 Å². The van der Waals surface area contributed by atoms with Crippen molar-refractivity contribution in [2.75, 3.05) is 11.9 Å². The van der Waals surface area contributed by atoms with Gasteiger partial charge in [0, 0.05) is 29.8 Å². The minimum atomic E-state index is -0.232. The molecule has 1 aromatic heterocycles. The highest BCUT2D eigenvalue weighted by Gasteiger charge is 2.12. The molecule has 1 amide bonds. The van der Waals surface area contributed by atoms with E-state index in [0.717, 1.165) is 16.3 Å². The van der Waals surface area contributed by atoms with Gasteiger partial charge in [0.2, 0.25) is 0 Å². The van der Waals surface area contributed by atoms with E-state index in [1.807, 2.05) is 31.2 Å². The number of aromatic nitrogens is 1. The van der Waals surface area contributed by atoms with Crippen molar-refractivity contribution < 1.29 is 9.53 Å². The summed E-state index contributed by atoms with van der Waals surface area (Å²) in [6.07, 6.45) is 0. The van der Waals surface area contributed by atoms with E-state index in [1.165, 1.54) is 11.3 Å². The van der Waals surface area contributed by atoms with E-state index in [2.05, 4.69) is 10.3 Å². The molecule has 6 heteroatoms. The molecule has 0 aliphatic rings. The first kappa shape index (κ1) is 14.6. The number of hydrogen-bond donors (Lipinski definition) is 2. The maximum absolute atomic E-state index is 12.1. The van der Waals surface area contributed by atoms with Gasteiger partial charge < -0.3 is 15.8 Å². The van der Waals surface area contributed by atoms with Gasteiger partial charge in [-0.3, -0.25) is 4.79 Å². The van der Waals surface area contributed by atoms with Crippen LogP contribution in [0.15, 0.2) is 29.6 Å². The van der Waals surface area contributed by atoms with E-state index in [4.69, 9.17) is 10.5 Å². The van der Waals surface area contributed by atoms with Gasteiger partial charge in [0.15, 0.2) is 0 Å². The highest BCUT2D eigenvalue weighted by atomic mass is 32.1. The molecular formula is C14H17N3O2S. The third-order valence-corrected chi connectivity index (χ3v) is 3.56. The first-order chi connectivity index (χ1) is 9.74. The number of benzene rings is 1. The van der Waals surface area contributed by atoms with Crippen LogP contribution in [0.3, 0.4) is 0 Å². The molecule has 1 aromatic carbocycles. The Morgan fingerprint density at radius 1 is 1.45 bits per heavy atom. The normalized spacial score (nSPS) is 10.5. The summed E-state index contributed by atoms with van der Waals surface area (Å²) in [5.74, 6) is -0.232. The molecule has 2 rings (SSSR count). The molecular weight excluding hydrogens is 274 g/mol. The number of nitrogens with zero attached hydrogens (tertiary/aromatic N) is 1. The summed E-state index contributed by atoms with van der Waals surface area (Å²) in [6, 6.07) is 7.57. The Balaban J connectivity index is 2.10. The van der Waals surface area contributed by atoms with Crippen molar-refractivity contribution in [1.82, 2.24) is 4.98 Å². The molecule has 5 nitrogen and oxygen atoms in total. The third-order valence-electron chi connectivity index (χ3n) is 2.69. The predicted octanol–water partition coefficient (Wildman–Crippen LogP) is 2.39. The zero-order chi connectivity index (χ0) is 14.4. The molecule has 0 aliphatic carbocycles. The molecule has 0 unspecified atom stereocenters. The first-order valence-corrected chi connectivity index (χ1v) is 7.24. The topological polar surface area (TPSA) is 77.2 Å². The Bertz CT molecular complexity index is 583. The SMILES string of the molecule is CCOCc1ccccc1NC(=O)c1csc(CN)n1. The van der Waals surface area contributed by atoms with Crippen LogP contribution in [0.2, 0.25) is 0 Å². The third kappa shape index (κ3) is 3.63. The summed E-state index contributed by atoms with van der Waals surface area (Å²) in [4.78, 5) is 16.3. The van der Waals surface area contributed by atoms with Crippen molar-refractivity contribution in [2.24, 2.45) is 5.73 Å². The fourth-order valence-electron chi connectivity index (χ4n) is 1.68. The Morgan fingerprint density at radius 3 is 2.95 bits per heavy atom. The maximum Gasteiger partial charge on any atom is 0.275 e. The zero-order valence-corrected chi connectivity index (χ0v) is 12.1. The number of para-hydroxylation sites is 1. The number of amides is 1. The molecule has 3 N–H and O–H groups in total. The summed E-state index contributed by atoms with van der Waals surface area (Å²) in [7, 11) is 0. The van der Waals surface area contributed by atoms with E-state index in [9.17, 15) is 4.79 Å². The fourth-order valence-corrected chi connectivity index (χ4v) is 2.33. The van der Waals surface area contributed by atoms with E-state index >= 15 is 0 Å². The minimum Gasteiger partial charge on any atom is -0.377 e. The van der Waals surface area contributed by atoms with E-state index in [0.29, 0.717) is 25.5 Å². The summed E-state index contributed by atoms with van der Waals surface area (Å²) >= 11 is 1.38. The number of carbonyl (C=O) groups is 1. The van der Waals surface area contributed by atoms with Gasteiger partial charge in [0.25, 0.3) is 5.91 Å². The largest absolute Gasteiger partial charge is 0.377 e. The Hall–Kier alpha value is -1.76. The van der Waals surface area contributed by atoms with Crippen LogP contribution in [-0.4, -0.2) is 17.5 Å². The number of rotatable bonds is 6. The molecule has 106 valence electrons. The molecule has 0 fully saturated rings. The molecule has 0 spiro atoms. The number of hydrogen-bond acceptors (Lipinski definition) is 5. The molecule has 0 bridgehead atoms. The van der Waals surface area contributed by atoms with Gasteiger partial charge in [-0.15, -0.1) is 11.3 Å². The minimum absolute atomic E-state index is 0.232. The maximum atomic E-state index is 12.1. The molecule has 2 aromatic rings. The van der Waals surface area contributed by atoms with Crippen LogP contribution in [0.1, 0.15) is 28.0 Å². The van der Waals surface area contributed by atoms with Gasteiger partial charge in [-0.1, -0.05) is 18.2 Å². The summed E-state index contributed by atoms with van der Waals surface area (Å²) in [5.41, 5.74) is 7.57. The van der Waals surface area contributed by atoms with Crippen molar-refractivity contribution in [2.45, 2.75) is 20.1 Å². The lowest BCUT2D eigenvalue weighted by molar-refractivity contribution is 0.102. The molecule has 0 saturated carbocycles. The lowest BCUT2D eigenvalue weighted by Crippen LogP contribution is -2.14. The van der Waals surface area contributed by atoms with Crippen LogP contribution >= 0.6 is 11.3 Å². The van der Waals surface area contributed by atoms with Crippen molar-refractivity contribution in [1.29, 1.82) is 0 Å². The van der Waals surface area contributed by atoms with Crippen LogP contribution in [0.25, 0.3) is 0 Å². The van der Waals surface area contributed by atoms with Crippen molar-refractivity contribution >= 4 is 22.9 Å². The average molecular weight is 291 g/mol. The summed E-state index contributed by atoms with van der Waals surface area (Å²) in [5, 5.41) is 5.32. The molecule has 0 aliphatic heterocycles. The Morgan fingerprint density at radius 2 is 2.25 bits per heavy atom. The van der Waals surface area contributed by atoms with E-state index in [-0.39, 0.29) is 5.91 Å². The van der Waals surface area contributed by atoms with Gasteiger partial charge in [-0.05, 0) is 13.0 Å². The van der Waals surface area contributed by atoms with Crippen molar-refractivity contribution in [3.05, 3.63) is 45.9 Å². The van der Waals surface area contributed by atoms with Crippen LogP contribution in [0.4, 0.5) is 5.69 Å². The number of nitrogens with two attached hydrogens (primary N) is 1. The van der Waals surface area contributed by atoms with Gasteiger partial charge in [-0.25, -0.2) is 4.98 Å². The molecule has 0 saturated heterocycles. The second-order valence-electron chi connectivity index (χ2n) is 4.08. The molecule has 1 heterocycles. The highest BCUT2D eigenvalue weighted by molar-refractivity contribution is 7.09. The molecule has 0 radical (unpaired) electrons. The van der Waals surface area contributed by atoms with E-state index < -0.39 is 0 Å². The number of anilines is 1. The number of ether oxygens (including phenoxy) is 1. The van der Waals surface area contributed by atoms with Crippen LogP contribution in [0.5, 0.6) is 0 Å². The standard InChI is InChI=1S/C14H17N3O2S/c1-2-19-8-10-5-3-4-6-11(10)17-14(18)12-9-20-13(7-15)16-12/h3-6,9H,2,7-8,15H2,1H3,(H,17,18). The Labute approximate surface area is 121 Å². The molecule has 0 atom stereocenters. The lowest BCUT2D eigenvalue weighted by atomic mass is 10.2. The summed E-state index contributed by atoms with van der Waals surface area (Å²) in [6.45, 7) is 3.38. The van der Waals surface area contributed by atoms with Gasteiger partial charge in [-0.2, -0.15) is 0 Å². The summed E-state index contributed by atoms with van der Waals surface area (Å²) < 4.78 is 5.39. The van der Waals surface area contributed by atoms with Gasteiger partial charge in [0.05, 0.1) is 6.61 Å². The second kappa shape index (κ2) is 7.14. The van der Waals surface area contributed by atoms with Crippen molar-refractivity contribution in [3.63, 3.8) is 0 Å². The lowest BCUT2D eigenvalue weighted by Gasteiger charge is -2.10. The quantitative estimate of drug-likeness (QED) is 0.856. The zero-order valence-electron chi connectivity index (χ0n) is 11.3. The average Bonchev–Trinajstić information content (AvgIpc) is 2.95. The van der Waals surface area contributed by atoms with Crippen LogP contribution in [0, 0.1) is 0 Å². The van der Waals surface area contributed by atoms with Crippen LogP contribution < -0.4 is 11.1 Å². The first-order valence-electron chi connectivity index (χ1n) is 6.36. The predicted molar refractivity (Wildman–Crippen MR) is 79.7 cm³/mol. The van der Waals surface area contributed by atoms with E-state index in [1.54, 1.807) is 5.38 Å². The second-order valence-corrected chi connectivity index (χ2v) is 5.02. The van der Waals surface area contributed by atoms with Gasteiger partial charge in [0.1, 0.15) is 10.7 Å². The number of thiazole rings is 1. The molecule has 20 heavy (non-hydrogen) atoms. The van der Waals surface area contributed by atoms with Crippen molar-refractivity contribution in [3.8, 4) is 0 Å².